The molecule has 3 heterocycles. The zero-order valence-electron chi connectivity index (χ0n) is 19.6. The van der Waals surface area contributed by atoms with Gasteiger partial charge in [0.05, 0.1) is 5.69 Å². The number of pyridine rings is 2. The van der Waals surface area contributed by atoms with Gasteiger partial charge in [0.25, 0.3) is 0 Å². The Balaban J connectivity index is 1.22. The molecule has 180 valence electrons. The first-order valence-corrected chi connectivity index (χ1v) is 12.2. The molecule has 0 radical (unpaired) electrons. The third-order valence-electron chi connectivity index (χ3n) is 6.22. The van der Waals surface area contributed by atoms with E-state index in [1.165, 1.54) is 18.4 Å². The number of halogens is 1. The number of fused-ring (bicyclic) bond motifs is 1. The Morgan fingerprint density at radius 1 is 1.26 bits per heavy atom. The van der Waals surface area contributed by atoms with Gasteiger partial charge in [-0.25, -0.2) is 9.97 Å². The number of imidazole rings is 1. The number of carbonyl (C=O) groups excluding carboxylic acids is 1. The summed E-state index contributed by atoms with van der Waals surface area (Å²) in [6.07, 6.45) is 8.81. The highest BCUT2D eigenvalue weighted by atomic mass is 35.5. The van der Waals surface area contributed by atoms with Gasteiger partial charge in [0, 0.05) is 47.7 Å². The SMILES string of the molecule is CC(Cc1cccc(Cl)c1)C(=O)Nc1cc(OCc2cn3cc(C4CC4)cc(CN)c3n2)ccn1. The van der Waals surface area contributed by atoms with E-state index in [0.717, 1.165) is 22.5 Å². The average molecular weight is 490 g/mol. The summed E-state index contributed by atoms with van der Waals surface area (Å²) < 4.78 is 8.01. The van der Waals surface area contributed by atoms with Gasteiger partial charge >= 0.3 is 0 Å². The van der Waals surface area contributed by atoms with Crippen molar-refractivity contribution >= 4 is 29.0 Å². The molecule has 8 heteroatoms. The third-order valence-corrected chi connectivity index (χ3v) is 6.45. The molecule has 1 aliphatic carbocycles. The molecule has 1 saturated carbocycles. The van der Waals surface area contributed by atoms with Crippen LogP contribution in [0.25, 0.3) is 5.65 Å². The minimum absolute atomic E-state index is 0.115. The van der Waals surface area contributed by atoms with E-state index in [1.807, 2.05) is 41.8 Å². The highest BCUT2D eigenvalue weighted by molar-refractivity contribution is 6.30. The van der Waals surface area contributed by atoms with E-state index in [2.05, 4.69) is 22.6 Å². The lowest BCUT2D eigenvalue weighted by molar-refractivity contribution is -0.119. The Hall–Kier alpha value is -3.42. The summed E-state index contributed by atoms with van der Waals surface area (Å²) in [5, 5.41) is 3.54. The molecular weight excluding hydrogens is 462 g/mol. The number of nitrogens with zero attached hydrogens (tertiary/aromatic N) is 3. The number of anilines is 1. The molecule has 35 heavy (non-hydrogen) atoms. The van der Waals surface area contributed by atoms with Crippen molar-refractivity contribution in [2.24, 2.45) is 11.7 Å². The molecule has 1 aliphatic rings. The second-order valence-electron chi connectivity index (χ2n) is 9.13. The van der Waals surface area contributed by atoms with Crippen molar-refractivity contribution < 1.29 is 9.53 Å². The molecule has 1 amide bonds. The molecule has 1 aromatic carbocycles. The number of hydrogen-bond donors (Lipinski definition) is 2. The number of ether oxygens (including phenoxy) is 1. The summed E-state index contributed by atoms with van der Waals surface area (Å²) in [5.74, 6) is 1.34. The number of aromatic nitrogens is 3. The molecule has 5 rings (SSSR count). The Bertz CT molecular complexity index is 1360. The quantitative estimate of drug-likeness (QED) is 0.340. The second kappa shape index (κ2) is 10.1. The predicted molar refractivity (Wildman–Crippen MR) is 137 cm³/mol. The second-order valence-corrected chi connectivity index (χ2v) is 9.57. The van der Waals surface area contributed by atoms with E-state index < -0.39 is 0 Å². The summed E-state index contributed by atoms with van der Waals surface area (Å²) in [4.78, 5) is 21.7. The van der Waals surface area contributed by atoms with Crippen molar-refractivity contribution in [3.05, 3.63) is 88.5 Å². The molecule has 0 aliphatic heterocycles. The number of nitrogens with one attached hydrogen (secondary N) is 1. The van der Waals surface area contributed by atoms with Crippen LogP contribution >= 0.6 is 11.6 Å². The van der Waals surface area contributed by atoms with Crippen LogP contribution in [0.2, 0.25) is 5.02 Å². The van der Waals surface area contributed by atoms with Gasteiger partial charge < -0.3 is 20.2 Å². The van der Waals surface area contributed by atoms with Crippen LogP contribution in [0.4, 0.5) is 5.82 Å². The number of benzene rings is 1. The maximum atomic E-state index is 12.7. The summed E-state index contributed by atoms with van der Waals surface area (Å²) in [5.41, 5.74) is 11.0. The average Bonchev–Trinajstić information content (AvgIpc) is 3.61. The van der Waals surface area contributed by atoms with Crippen molar-refractivity contribution in [1.29, 1.82) is 0 Å². The Morgan fingerprint density at radius 3 is 2.89 bits per heavy atom. The monoisotopic (exact) mass is 489 g/mol. The normalized spacial score (nSPS) is 14.1. The molecule has 1 fully saturated rings. The standard InChI is InChI=1S/C27H28ClN5O2/c1-17(9-18-3-2-4-22(28)10-18)27(34)32-25-12-24(7-8-30-25)35-16-23-15-33-14-21(19-5-6-19)11-20(13-29)26(33)31-23/h2-4,7-8,10-12,14-15,17,19H,5-6,9,13,16,29H2,1H3,(H,30,32,34). The van der Waals surface area contributed by atoms with Crippen molar-refractivity contribution in [3.8, 4) is 5.75 Å². The maximum Gasteiger partial charge on any atom is 0.228 e. The third kappa shape index (κ3) is 5.63. The molecule has 1 atom stereocenters. The van der Waals surface area contributed by atoms with Gasteiger partial charge in [0.2, 0.25) is 5.91 Å². The first kappa shape index (κ1) is 23.3. The zero-order valence-corrected chi connectivity index (χ0v) is 20.3. The minimum atomic E-state index is -0.241. The van der Waals surface area contributed by atoms with E-state index in [-0.39, 0.29) is 11.8 Å². The smallest absolute Gasteiger partial charge is 0.228 e. The number of nitrogens with two attached hydrogens (primary N) is 1. The van der Waals surface area contributed by atoms with Crippen LogP contribution in [-0.4, -0.2) is 20.3 Å². The molecule has 4 aromatic rings. The van der Waals surface area contributed by atoms with Crippen LogP contribution in [-0.2, 0) is 24.4 Å². The molecule has 0 spiro atoms. The highest BCUT2D eigenvalue weighted by Gasteiger charge is 2.25. The highest BCUT2D eigenvalue weighted by Crippen LogP contribution is 2.40. The van der Waals surface area contributed by atoms with Gasteiger partial charge in [-0.15, -0.1) is 0 Å². The lowest BCUT2D eigenvalue weighted by atomic mass is 10.0. The van der Waals surface area contributed by atoms with Gasteiger partial charge in [-0.3, -0.25) is 4.79 Å². The van der Waals surface area contributed by atoms with Crippen molar-refractivity contribution in [2.45, 2.75) is 45.3 Å². The molecular formula is C27H28ClN5O2. The molecule has 0 saturated heterocycles. The number of rotatable bonds is 9. The number of hydrogen-bond acceptors (Lipinski definition) is 5. The van der Waals surface area contributed by atoms with Crippen LogP contribution < -0.4 is 15.8 Å². The first-order valence-electron chi connectivity index (χ1n) is 11.8. The summed E-state index contributed by atoms with van der Waals surface area (Å²) in [6.45, 7) is 2.63. The van der Waals surface area contributed by atoms with Crippen molar-refractivity contribution in [1.82, 2.24) is 14.4 Å². The fraction of sp³-hybridized carbons (Fsp3) is 0.296. The maximum absolute atomic E-state index is 12.7. The van der Waals surface area contributed by atoms with Crippen LogP contribution in [0.3, 0.4) is 0 Å². The summed E-state index contributed by atoms with van der Waals surface area (Å²) in [7, 11) is 0. The van der Waals surface area contributed by atoms with Crippen LogP contribution in [0.1, 0.15) is 48.1 Å². The molecule has 3 aromatic heterocycles. The van der Waals surface area contributed by atoms with Gasteiger partial charge in [-0.2, -0.15) is 0 Å². The van der Waals surface area contributed by atoms with Gasteiger partial charge in [-0.05, 0) is 60.6 Å². The van der Waals surface area contributed by atoms with Gasteiger partial charge in [-0.1, -0.05) is 30.7 Å². The predicted octanol–water partition coefficient (Wildman–Crippen LogP) is 5.12. The number of carbonyl (C=O) groups is 1. The minimum Gasteiger partial charge on any atom is -0.487 e. The van der Waals surface area contributed by atoms with Crippen LogP contribution in [0.15, 0.2) is 61.1 Å². The molecule has 1 unspecified atom stereocenters. The molecule has 3 N–H and O–H groups in total. The summed E-state index contributed by atoms with van der Waals surface area (Å²) in [6, 6.07) is 13.2. The lowest BCUT2D eigenvalue weighted by Gasteiger charge is -2.13. The number of amides is 1. The van der Waals surface area contributed by atoms with Gasteiger partial charge in [0.15, 0.2) is 0 Å². The molecule has 0 bridgehead atoms. The largest absolute Gasteiger partial charge is 0.487 e. The van der Waals surface area contributed by atoms with E-state index >= 15 is 0 Å². The van der Waals surface area contributed by atoms with Gasteiger partial charge in [0.1, 0.15) is 23.8 Å². The molecule has 7 nitrogen and oxygen atoms in total. The van der Waals surface area contributed by atoms with E-state index in [0.29, 0.717) is 42.1 Å². The van der Waals surface area contributed by atoms with Crippen molar-refractivity contribution in [3.63, 3.8) is 0 Å². The lowest BCUT2D eigenvalue weighted by Crippen LogP contribution is -2.22. The Kier molecular flexibility index (Phi) is 6.70. The first-order chi connectivity index (χ1) is 17.0. The zero-order chi connectivity index (χ0) is 24.4. The topological polar surface area (TPSA) is 94.5 Å². The fourth-order valence-corrected chi connectivity index (χ4v) is 4.40. The van der Waals surface area contributed by atoms with E-state index in [4.69, 9.17) is 27.1 Å². The van der Waals surface area contributed by atoms with E-state index in [9.17, 15) is 4.79 Å². The van der Waals surface area contributed by atoms with Crippen LogP contribution in [0.5, 0.6) is 5.75 Å². The van der Waals surface area contributed by atoms with Crippen LogP contribution in [0, 0.1) is 5.92 Å². The van der Waals surface area contributed by atoms with E-state index in [1.54, 1.807) is 18.3 Å². The Labute approximate surface area is 209 Å². The fourth-order valence-electron chi connectivity index (χ4n) is 4.19. The van der Waals surface area contributed by atoms with Crippen molar-refractivity contribution in [2.75, 3.05) is 5.32 Å². The Morgan fingerprint density at radius 2 is 2.11 bits per heavy atom. The summed E-state index contributed by atoms with van der Waals surface area (Å²) >= 11 is 6.05.